The highest BCUT2D eigenvalue weighted by Gasteiger charge is 2.34. The molecule has 2 aliphatic rings. The van der Waals surface area contributed by atoms with Crippen LogP contribution in [0.2, 0.25) is 0 Å². The summed E-state index contributed by atoms with van der Waals surface area (Å²) in [5, 5.41) is 0. The number of allylic oxidation sites excluding steroid dienone is 2. The smallest absolute Gasteiger partial charge is 0.360 e. The number of hydrogen-bond acceptors (Lipinski definition) is 5. The molecule has 1 aliphatic heterocycles. The van der Waals surface area contributed by atoms with E-state index in [1.165, 1.54) is 31.8 Å². The van der Waals surface area contributed by atoms with E-state index < -0.39 is 5.97 Å². The lowest BCUT2D eigenvalue weighted by molar-refractivity contribution is 0.0594. The fourth-order valence-electron chi connectivity index (χ4n) is 3.29. The summed E-state index contributed by atoms with van der Waals surface area (Å²) in [5.41, 5.74) is 1.76. The van der Waals surface area contributed by atoms with E-state index >= 15 is 0 Å². The van der Waals surface area contributed by atoms with Crippen LogP contribution in [0.5, 0.6) is 0 Å². The number of aromatic nitrogens is 1. The van der Waals surface area contributed by atoms with Gasteiger partial charge in [-0.15, -0.1) is 0 Å². The molecule has 1 saturated heterocycles. The van der Waals surface area contributed by atoms with Gasteiger partial charge in [0.1, 0.15) is 6.26 Å². The van der Waals surface area contributed by atoms with E-state index in [2.05, 4.69) is 27.6 Å². The number of methoxy groups -OCH3 is 1. The van der Waals surface area contributed by atoms with E-state index in [1.807, 2.05) is 0 Å². The number of fused-ring (bicyclic) bond motifs is 1. The molecule has 5 heteroatoms. The van der Waals surface area contributed by atoms with Gasteiger partial charge in [0.2, 0.25) is 5.89 Å². The van der Waals surface area contributed by atoms with E-state index in [9.17, 15) is 4.79 Å². The molecule has 0 aromatic carbocycles. The summed E-state index contributed by atoms with van der Waals surface area (Å²) in [6.45, 7) is 5.06. The standard InChI is InChI=1S/C15H20N2O3/c1-10-3-4-11-6-17(7-12(11)5-10)8-14-16-13(9-20-14)15(18)19-2/h3,9,11-12H,4-8H2,1-2H3/t11-,12+/m1/s1. The van der Waals surface area contributed by atoms with Crippen LogP contribution in [0.4, 0.5) is 0 Å². The summed E-state index contributed by atoms with van der Waals surface area (Å²) >= 11 is 0. The molecule has 0 spiro atoms. The Morgan fingerprint density at radius 1 is 1.50 bits per heavy atom. The first-order valence-corrected chi connectivity index (χ1v) is 7.06. The summed E-state index contributed by atoms with van der Waals surface area (Å²) in [6, 6.07) is 0. The van der Waals surface area contributed by atoms with Crippen LogP contribution >= 0.6 is 0 Å². The van der Waals surface area contributed by atoms with E-state index in [-0.39, 0.29) is 5.69 Å². The minimum absolute atomic E-state index is 0.247. The van der Waals surface area contributed by atoms with Crippen molar-refractivity contribution in [3.05, 3.63) is 29.5 Å². The third-order valence-corrected chi connectivity index (χ3v) is 4.31. The fraction of sp³-hybridized carbons (Fsp3) is 0.600. The van der Waals surface area contributed by atoms with Crippen molar-refractivity contribution in [3.63, 3.8) is 0 Å². The van der Waals surface area contributed by atoms with Crippen molar-refractivity contribution in [2.45, 2.75) is 26.3 Å². The van der Waals surface area contributed by atoms with Gasteiger partial charge in [0, 0.05) is 13.1 Å². The molecular weight excluding hydrogens is 256 g/mol. The number of ether oxygens (including phenoxy) is 1. The van der Waals surface area contributed by atoms with Gasteiger partial charge in [-0.25, -0.2) is 9.78 Å². The molecule has 1 aromatic rings. The molecular formula is C15H20N2O3. The van der Waals surface area contributed by atoms with Crippen LogP contribution in [0.1, 0.15) is 36.1 Å². The Kier molecular flexibility index (Phi) is 3.61. The maximum atomic E-state index is 11.3. The maximum Gasteiger partial charge on any atom is 0.360 e. The monoisotopic (exact) mass is 276 g/mol. The lowest BCUT2D eigenvalue weighted by Crippen LogP contribution is -2.20. The van der Waals surface area contributed by atoms with E-state index in [4.69, 9.17) is 4.42 Å². The molecule has 0 bridgehead atoms. The summed E-state index contributed by atoms with van der Waals surface area (Å²) in [5.74, 6) is 1.66. The van der Waals surface area contributed by atoms with Crippen LogP contribution in [0.25, 0.3) is 0 Å². The quantitative estimate of drug-likeness (QED) is 0.626. The minimum atomic E-state index is -0.449. The molecule has 0 N–H and O–H groups in total. The van der Waals surface area contributed by atoms with Gasteiger partial charge in [0.15, 0.2) is 5.69 Å². The number of esters is 1. The van der Waals surface area contributed by atoms with Gasteiger partial charge in [-0.1, -0.05) is 11.6 Å². The maximum absolute atomic E-state index is 11.3. The van der Waals surface area contributed by atoms with Gasteiger partial charge >= 0.3 is 5.97 Å². The molecule has 1 aromatic heterocycles. The lowest BCUT2D eigenvalue weighted by atomic mass is 9.83. The topological polar surface area (TPSA) is 55.6 Å². The summed E-state index contributed by atoms with van der Waals surface area (Å²) in [4.78, 5) is 17.9. The third kappa shape index (κ3) is 2.63. The molecule has 0 unspecified atom stereocenters. The SMILES string of the molecule is COC(=O)c1coc(CN2C[C@H]3CC=C(C)C[C@H]3C2)n1. The van der Waals surface area contributed by atoms with Crippen LogP contribution in [0, 0.1) is 11.8 Å². The second kappa shape index (κ2) is 5.40. The zero-order chi connectivity index (χ0) is 14.1. The van der Waals surface area contributed by atoms with Crippen LogP contribution in [0.3, 0.4) is 0 Å². The molecule has 0 radical (unpaired) electrons. The van der Waals surface area contributed by atoms with Crippen molar-refractivity contribution in [3.8, 4) is 0 Å². The molecule has 20 heavy (non-hydrogen) atoms. The van der Waals surface area contributed by atoms with Crippen molar-refractivity contribution < 1.29 is 13.9 Å². The molecule has 0 saturated carbocycles. The molecule has 2 atom stereocenters. The van der Waals surface area contributed by atoms with E-state index in [0.29, 0.717) is 12.4 Å². The molecule has 108 valence electrons. The third-order valence-electron chi connectivity index (χ3n) is 4.31. The highest BCUT2D eigenvalue weighted by Crippen LogP contribution is 2.36. The zero-order valence-electron chi connectivity index (χ0n) is 12.0. The number of oxazole rings is 1. The highest BCUT2D eigenvalue weighted by atomic mass is 16.5. The van der Waals surface area contributed by atoms with Crippen molar-refractivity contribution in [1.29, 1.82) is 0 Å². The number of likely N-dealkylation sites (tertiary alicyclic amines) is 1. The predicted molar refractivity (Wildman–Crippen MR) is 73.1 cm³/mol. The Morgan fingerprint density at radius 2 is 2.30 bits per heavy atom. The van der Waals surface area contributed by atoms with E-state index in [0.717, 1.165) is 24.9 Å². The van der Waals surface area contributed by atoms with Gasteiger partial charge < -0.3 is 9.15 Å². The predicted octanol–water partition coefficient (Wildman–Crippen LogP) is 2.25. The normalized spacial score (nSPS) is 26.2. The van der Waals surface area contributed by atoms with Gasteiger partial charge in [0.25, 0.3) is 0 Å². The number of rotatable bonds is 3. The second-order valence-electron chi connectivity index (χ2n) is 5.82. The van der Waals surface area contributed by atoms with Crippen molar-refractivity contribution >= 4 is 5.97 Å². The Balaban J connectivity index is 1.60. The van der Waals surface area contributed by atoms with Crippen LogP contribution < -0.4 is 0 Å². The van der Waals surface area contributed by atoms with Crippen molar-refractivity contribution in [2.75, 3.05) is 20.2 Å². The summed E-state index contributed by atoms with van der Waals surface area (Å²) in [6.07, 6.45) is 6.13. The van der Waals surface area contributed by atoms with Gasteiger partial charge in [-0.05, 0) is 31.6 Å². The average Bonchev–Trinajstić information content (AvgIpc) is 3.04. The van der Waals surface area contributed by atoms with Gasteiger partial charge in [-0.3, -0.25) is 4.90 Å². The van der Waals surface area contributed by atoms with E-state index in [1.54, 1.807) is 0 Å². The average molecular weight is 276 g/mol. The number of nitrogens with zero attached hydrogens (tertiary/aromatic N) is 2. The Bertz CT molecular complexity index is 535. The molecule has 2 heterocycles. The molecule has 0 amide bonds. The molecule has 1 aliphatic carbocycles. The first kappa shape index (κ1) is 13.4. The number of hydrogen-bond donors (Lipinski definition) is 0. The minimum Gasteiger partial charge on any atom is -0.464 e. The van der Waals surface area contributed by atoms with Crippen molar-refractivity contribution in [2.24, 2.45) is 11.8 Å². The Hall–Kier alpha value is -1.62. The summed E-state index contributed by atoms with van der Waals surface area (Å²) in [7, 11) is 1.34. The Labute approximate surface area is 118 Å². The lowest BCUT2D eigenvalue weighted by Gasteiger charge is -2.22. The first-order valence-electron chi connectivity index (χ1n) is 7.06. The second-order valence-corrected chi connectivity index (χ2v) is 5.82. The molecule has 1 fully saturated rings. The Morgan fingerprint density at radius 3 is 3.10 bits per heavy atom. The molecule has 3 rings (SSSR count). The van der Waals surface area contributed by atoms with Crippen LogP contribution in [0.15, 0.2) is 22.3 Å². The fourth-order valence-corrected chi connectivity index (χ4v) is 3.29. The van der Waals surface area contributed by atoms with Gasteiger partial charge in [-0.2, -0.15) is 0 Å². The number of carbonyl (C=O) groups excluding carboxylic acids is 1. The van der Waals surface area contributed by atoms with Crippen LogP contribution in [-0.4, -0.2) is 36.1 Å². The first-order chi connectivity index (χ1) is 9.65. The largest absolute Gasteiger partial charge is 0.464 e. The zero-order valence-corrected chi connectivity index (χ0v) is 12.0. The van der Waals surface area contributed by atoms with Gasteiger partial charge in [0.05, 0.1) is 13.7 Å². The molecule has 5 nitrogen and oxygen atoms in total. The summed E-state index contributed by atoms with van der Waals surface area (Å²) < 4.78 is 9.98. The van der Waals surface area contributed by atoms with Crippen LogP contribution in [-0.2, 0) is 11.3 Å². The van der Waals surface area contributed by atoms with Crippen molar-refractivity contribution in [1.82, 2.24) is 9.88 Å². The highest BCUT2D eigenvalue weighted by molar-refractivity contribution is 5.86. The number of carbonyl (C=O) groups is 1.